The van der Waals surface area contributed by atoms with Crippen molar-refractivity contribution >= 4 is 11.9 Å². The van der Waals surface area contributed by atoms with E-state index in [0.717, 1.165) is 0 Å². The van der Waals surface area contributed by atoms with Crippen molar-refractivity contribution in [3.05, 3.63) is 29.6 Å². The van der Waals surface area contributed by atoms with E-state index in [0.29, 0.717) is 5.56 Å². The molecule has 5 nitrogen and oxygen atoms in total. The maximum Gasteiger partial charge on any atom is 0.339 e. The minimum atomic E-state index is -0.469. The van der Waals surface area contributed by atoms with Gasteiger partial charge < -0.3 is 10.1 Å². The number of nitrogens with zero attached hydrogens (tertiary/aromatic N) is 1. The number of pyridine rings is 1. The van der Waals surface area contributed by atoms with Gasteiger partial charge in [0.05, 0.1) is 12.7 Å². The third kappa shape index (κ3) is 3.05. The minimum absolute atomic E-state index is 0.0505. The maximum atomic E-state index is 11.5. The first kappa shape index (κ1) is 12.2. The summed E-state index contributed by atoms with van der Waals surface area (Å²) in [6.45, 7) is 3.72. The molecule has 0 saturated heterocycles. The predicted octanol–water partition coefficient (Wildman–Crippen LogP) is 1.01. The monoisotopic (exact) mass is 222 g/mol. The summed E-state index contributed by atoms with van der Waals surface area (Å²) in [6.07, 6.45) is 1.32. The molecule has 0 aliphatic rings. The average Bonchev–Trinajstić information content (AvgIpc) is 2.27. The molecule has 1 heterocycles. The lowest BCUT2D eigenvalue weighted by molar-refractivity contribution is 0.0599. The van der Waals surface area contributed by atoms with Crippen molar-refractivity contribution in [3.8, 4) is 0 Å². The van der Waals surface area contributed by atoms with Gasteiger partial charge in [-0.2, -0.15) is 0 Å². The second-order valence-corrected chi connectivity index (χ2v) is 3.55. The van der Waals surface area contributed by atoms with Crippen LogP contribution in [0, 0.1) is 0 Å². The number of carbonyl (C=O) groups is 2. The molecule has 1 amide bonds. The molecule has 0 saturated carbocycles. The third-order valence-electron chi connectivity index (χ3n) is 1.84. The van der Waals surface area contributed by atoms with Crippen LogP contribution in [0.25, 0.3) is 0 Å². The van der Waals surface area contributed by atoms with E-state index in [2.05, 4.69) is 15.0 Å². The van der Waals surface area contributed by atoms with Crippen LogP contribution in [0.4, 0.5) is 0 Å². The molecule has 1 aromatic heterocycles. The predicted molar refractivity (Wildman–Crippen MR) is 58.2 cm³/mol. The Balaban J connectivity index is 2.78. The molecular weight excluding hydrogens is 208 g/mol. The number of nitrogens with one attached hydrogen (secondary N) is 1. The fraction of sp³-hybridized carbons (Fsp3) is 0.364. The molecule has 0 unspecified atom stereocenters. The van der Waals surface area contributed by atoms with Crippen LogP contribution in [0.5, 0.6) is 0 Å². The highest BCUT2D eigenvalue weighted by Gasteiger charge is 2.10. The van der Waals surface area contributed by atoms with Gasteiger partial charge in [0.15, 0.2) is 0 Å². The summed E-state index contributed by atoms with van der Waals surface area (Å²) in [4.78, 5) is 26.5. The molecule has 0 spiro atoms. The number of aromatic nitrogens is 1. The van der Waals surface area contributed by atoms with Crippen molar-refractivity contribution < 1.29 is 14.3 Å². The molecule has 1 aromatic rings. The number of ether oxygens (including phenoxy) is 1. The summed E-state index contributed by atoms with van der Waals surface area (Å²) in [6, 6.07) is 3.05. The largest absolute Gasteiger partial charge is 0.465 e. The number of hydrogen-bond donors (Lipinski definition) is 1. The van der Waals surface area contributed by atoms with Crippen LogP contribution in [0.1, 0.15) is 34.7 Å². The Morgan fingerprint density at radius 2 is 2.06 bits per heavy atom. The second-order valence-electron chi connectivity index (χ2n) is 3.55. The first-order chi connectivity index (χ1) is 7.54. The summed E-state index contributed by atoms with van der Waals surface area (Å²) in [5.41, 5.74) is 0.602. The maximum absolute atomic E-state index is 11.5. The molecule has 0 fully saturated rings. The van der Waals surface area contributed by atoms with E-state index >= 15 is 0 Å². The van der Waals surface area contributed by atoms with Gasteiger partial charge in [-0.15, -0.1) is 0 Å². The van der Waals surface area contributed by atoms with Gasteiger partial charge in [-0.3, -0.25) is 9.78 Å². The second kappa shape index (κ2) is 5.25. The van der Waals surface area contributed by atoms with E-state index in [4.69, 9.17) is 0 Å². The standard InChI is InChI=1S/C11H14N2O3/c1-7(2)13-10(14)9-5-4-8(6-12-9)11(15)16-3/h4-7H,1-3H3,(H,13,14). The van der Waals surface area contributed by atoms with Gasteiger partial charge in [0.1, 0.15) is 5.69 Å². The molecule has 0 atom stereocenters. The SMILES string of the molecule is COC(=O)c1ccc(C(=O)NC(C)C)nc1. The third-order valence-corrected chi connectivity index (χ3v) is 1.84. The van der Waals surface area contributed by atoms with Crippen molar-refractivity contribution in [3.63, 3.8) is 0 Å². The van der Waals surface area contributed by atoms with Crippen LogP contribution < -0.4 is 5.32 Å². The van der Waals surface area contributed by atoms with Gasteiger partial charge >= 0.3 is 5.97 Å². The zero-order chi connectivity index (χ0) is 12.1. The Morgan fingerprint density at radius 3 is 2.50 bits per heavy atom. The fourth-order valence-corrected chi connectivity index (χ4v) is 1.10. The molecule has 0 radical (unpaired) electrons. The van der Waals surface area contributed by atoms with Crippen molar-refractivity contribution in [2.45, 2.75) is 19.9 Å². The highest BCUT2D eigenvalue weighted by Crippen LogP contribution is 2.02. The van der Waals surface area contributed by atoms with E-state index in [1.54, 1.807) is 0 Å². The Hall–Kier alpha value is -1.91. The molecule has 1 rings (SSSR count). The topological polar surface area (TPSA) is 68.3 Å². The van der Waals surface area contributed by atoms with E-state index < -0.39 is 5.97 Å². The number of esters is 1. The molecular formula is C11H14N2O3. The quantitative estimate of drug-likeness (QED) is 0.775. The molecule has 5 heteroatoms. The Kier molecular flexibility index (Phi) is 3.99. The van der Waals surface area contributed by atoms with Crippen LogP contribution in [0.15, 0.2) is 18.3 Å². The molecule has 1 N–H and O–H groups in total. The molecule has 86 valence electrons. The Labute approximate surface area is 93.8 Å². The van der Waals surface area contributed by atoms with Crippen LogP contribution in [0.2, 0.25) is 0 Å². The highest BCUT2D eigenvalue weighted by atomic mass is 16.5. The van der Waals surface area contributed by atoms with Gasteiger partial charge in [-0.05, 0) is 26.0 Å². The number of rotatable bonds is 3. The van der Waals surface area contributed by atoms with Gasteiger partial charge in [-0.1, -0.05) is 0 Å². The van der Waals surface area contributed by atoms with Crippen LogP contribution in [-0.4, -0.2) is 30.0 Å². The number of amides is 1. The summed E-state index contributed by atoms with van der Waals surface area (Å²) in [5, 5.41) is 2.70. The van der Waals surface area contributed by atoms with Crippen LogP contribution in [-0.2, 0) is 4.74 Å². The van der Waals surface area contributed by atoms with Gasteiger partial charge in [0.25, 0.3) is 5.91 Å². The smallest absolute Gasteiger partial charge is 0.339 e. The molecule has 0 aliphatic heterocycles. The van der Waals surface area contributed by atoms with Crippen molar-refractivity contribution in [2.75, 3.05) is 7.11 Å². The van der Waals surface area contributed by atoms with E-state index in [1.807, 2.05) is 13.8 Å². The zero-order valence-corrected chi connectivity index (χ0v) is 9.48. The van der Waals surface area contributed by atoms with Crippen molar-refractivity contribution in [1.82, 2.24) is 10.3 Å². The highest BCUT2D eigenvalue weighted by molar-refractivity contribution is 5.94. The molecule has 0 aliphatic carbocycles. The minimum Gasteiger partial charge on any atom is -0.465 e. The first-order valence-corrected chi connectivity index (χ1v) is 4.90. The lowest BCUT2D eigenvalue weighted by atomic mass is 10.2. The van der Waals surface area contributed by atoms with Crippen LogP contribution in [0.3, 0.4) is 0 Å². The normalized spacial score (nSPS) is 10.0. The number of methoxy groups -OCH3 is 1. The first-order valence-electron chi connectivity index (χ1n) is 4.90. The number of carbonyl (C=O) groups excluding carboxylic acids is 2. The van der Waals surface area contributed by atoms with Gasteiger partial charge in [-0.25, -0.2) is 4.79 Å². The lowest BCUT2D eigenvalue weighted by Crippen LogP contribution is -2.30. The van der Waals surface area contributed by atoms with Crippen LogP contribution >= 0.6 is 0 Å². The molecule has 16 heavy (non-hydrogen) atoms. The van der Waals surface area contributed by atoms with Gasteiger partial charge in [0.2, 0.25) is 0 Å². The van der Waals surface area contributed by atoms with Crippen molar-refractivity contribution in [1.29, 1.82) is 0 Å². The molecule has 0 aromatic carbocycles. The van der Waals surface area contributed by atoms with Gasteiger partial charge in [0, 0.05) is 12.2 Å². The number of hydrogen-bond acceptors (Lipinski definition) is 4. The Morgan fingerprint density at radius 1 is 1.38 bits per heavy atom. The molecule has 0 bridgehead atoms. The summed E-state index contributed by atoms with van der Waals surface area (Å²) >= 11 is 0. The summed E-state index contributed by atoms with van der Waals surface area (Å²) in [5.74, 6) is -0.727. The van der Waals surface area contributed by atoms with E-state index in [-0.39, 0.29) is 17.6 Å². The average molecular weight is 222 g/mol. The van der Waals surface area contributed by atoms with Crippen molar-refractivity contribution in [2.24, 2.45) is 0 Å². The lowest BCUT2D eigenvalue weighted by Gasteiger charge is -2.07. The Bertz CT molecular complexity index is 385. The summed E-state index contributed by atoms with van der Waals surface area (Å²) < 4.78 is 4.52. The van der Waals surface area contributed by atoms with E-state index in [9.17, 15) is 9.59 Å². The van der Waals surface area contributed by atoms with E-state index in [1.165, 1.54) is 25.4 Å². The zero-order valence-electron chi connectivity index (χ0n) is 9.48. The fourth-order valence-electron chi connectivity index (χ4n) is 1.10. The summed E-state index contributed by atoms with van der Waals surface area (Å²) in [7, 11) is 1.29.